The number of sulfonamides is 1. The van der Waals surface area contributed by atoms with Gasteiger partial charge in [0, 0.05) is 17.1 Å². The average molecular weight is 551 g/mol. The third-order valence-electron chi connectivity index (χ3n) is 5.20. The summed E-state index contributed by atoms with van der Waals surface area (Å²) in [6, 6.07) is 14.7. The van der Waals surface area contributed by atoms with Crippen LogP contribution in [0, 0.1) is 13.8 Å². The van der Waals surface area contributed by atoms with Gasteiger partial charge in [-0.1, -0.05) is 11.8 Å². The van der Waals surface area contributed by atoms with Crippen molar-refractivity contribution in [2.75, 3.05) is 15.8 Å². The van der Waals surface area contributed by atoms with Crippen molar-refractivity contribution in [1.29, 1.82) is 0 Å². The van der Waals surface area contributed by atoms with Crippen molar-refractivity contribution in [3.05, 3.63) is 78.5 Å². The number of thioether (sulfide) groups is 1. The summed E-state index contributed by atoms with van der Waals surface area (Å²) in [6.07, 6.45) is 3.12. The van der Waals surface area contributed by atoms with Gasteiger partial charge in [-0.2, -0.15) is 0 Å². The molecular formula is C25H22N6O5S2. The van der Waals surface area contributed by atoms with Crippen molar-refractivity contribution in [3.63, 3.8) is 0 Å². The SMILES string of the molecule is Cc1cc(C)nc(NS(=O)(=O)c2ccc(NC(=O)CSc3nc(-c4ccco4)c(-c4ccco4)[nH]3)cc2)n1. The van der Waals surface area contributed by atoms with E-state index in [0.717, 1.165) is 0 Å². The van der Waals surface area contributed by atoms with Crippen LogP contribution in [-0.4, -0.2) is 40.0 Å². The number of nitrogens with zero attached hydrogens (tertiary/aromatic N) is 3. The highest BCUT2D eigenvalue weighted by atomic mass is 32.2. The number of benzene rings is 1. The second kappa shape index (κ2) is 10.6. The molecule has 194 valence electrons. The maximum absolute atomic E-state index is 12.7. The number of aromatic amines is 1. The minimum atomic E-state index is -3.90. The number of anilines is 2. The maximum Gasteiger partial charge on any atom is 0.264 e. The predicted molar refractivity (Wildman–Crippen MR) is 142 cm³/mol. The zero-order valence-corrected chi connectivity index (χ0v) is 21.9. The molecule has 13 heteroatoms. The molecule has 0 aliphatic carbocycles. The number of carbonyl (C=O) groups is 1. The molecule has 38 heavy (non-hydrogen) atoms. The van der Waals surface area contributed by atoms with Crippen molar-refractivity contribution in [1.82, 2.24) is 19.9 Å². The fourth-order valence-corrected chi connectivity index (χ4v) is 5.22. The van der Waals surface area contributed by atoms with Gasteiger partial charge in [-0.3, -0.25) is 4.79 Å². The number of carbonyl (C=O) groups excluding carboxylic acids is 1. The highest BCUT2D eigenvalue weighted by Gasteiger charge is 2.19. The number of hydrogen-bond acceptors (Lipinski definition) is 9. The zero-order chi connectivity index (χ0) is 26.7. The highest BCUT2D eigenvalue weighted by Crippen LogP contribution is 2.33. The topological polar surface area (TPSA) is 156 Å². The first kappa shape index (κ1) is 25.3. The van der Waals surface area contributed by atoms with E-state index in [1.54, 1.807) is 56.7 Å². The van der Waals surface area contributed by atoms with Crippen molar-refractivity contribution in [2.24, 2.45) is 0 Å². The molecule has 11 nitrogen and oxygen atoms in total. The monoisotopic (exact) mass is 550 g/mol. The smallest absolute Gasteiger partial charge is 0.264 e. The molecule has 1 amide bonds. The van der Waals surface area contributed by atoms with Crippen molar-refractivity contribution < 1.29 is 22.0 Å². The summed E-state index contributed by atoms with van der Waals surface area (Å²) in [7, 11) is -3.90. The molecule has 5 aromatic rings. The normalized spacial score (nSPS) is 11.4. The zero-order valence-electron chi connectivity index (χ0n) is 20.3. The summed E-state index contributed by atoms with van der Waals surface area (Å²) >= 11 is 1.21. The first-order valence-electron chi connectivity index (χ1n) is 11.3. The number of furan rings is 2. The Labute approximate surface area is 222 Å². The summed E-state index contributed by atoms with van der Waals surface area (Å²) in [5.41, 5.74) is 2.96. The molecule has 0 saturated carbocycles. The van der Waals surface area contributed by atoms with Gasteiger partial charge in [-0.05, 0) is 68.4 Å². The van der Waals surface area contributed by atoms with E-state index in [4.69, 9.17) is 8.83 Å². The van der Waals surface area contributed by atoms with Crippen LogP contribution in [0.3, 0.4) is 0 Å². The van der Waals surface area contributed by atoms with Crippen LogP contribution >= 0.6 is 11.8 Å². The molecule has 4 aromatic heterocycles. The number of hydrogen-bond donors (Lipinski definition) is 3. The second-order valence-electron chi connectivity index (χ2n) is 8.16. The molecule has 0 aliphatic rings. The third-order valence-corrected chi connectivity index (χ3v) is 7.42. The lowest BCUT2D eigenvalue weighted by atomic mass is 10.2. The summed E-state index contributed by atoms with van der Waals surface area (Å²) in [4.78, 5) is 28.5. The molecule has 0 bridgehead atoms. The van der Waals surface area contributed by atoms with Crippen molar-refractivity contribution >= 4 is 39.3 Å². The maximum atomic E-state index is 12.7. The second-order valence-corrected chi connectivity index (χ2v) is 10.8. The van der Waals surface area contributed by atoms with Gasteiger partial charge in [0.25, 0.3) is 10.0 Å². The number of H-pyrrole nitrogens is 1. The highest BCUT2D eigenvalue weighted by molar-refractivity contribution is 7.99. The Morgan fingerprint density at radius 2 is 1.61 bits per heavy atom. The first-order chi connectivity index (χ1) is 18.3. The molecule has 0 atom stereocenters. The predicted octanol–water partition coefficient (Wildman–Crippen LogP) is 4.87. The van der Waals surface area contributed by atoms with E-state index in [1.165, 1.54) is 36.0 Å². The molecular weight excluding hydrogens is 528 g/mol. The van der Waals surface area contributed by atoms with Gasteiger partial charge >= 0.3 is 0 Å². The Morgan fingerprint density at radius 1 is 0.947 bits per heavy atom. The third kappa shape index (κ3) is 5.79. The fraction of sp³-hybridized carbons (Fsp3) is 0.120. The number of nitrogens with one attached hydrogen (secondary N) is 3. The summed E-state index contributed by atoms with van der Waals surface area (Å²) < 4.78 is 38.8. The van der Waals surface area contributed by atoms with E-state index in [9.17, 15) is 13.2 Å². The Kier molecular flexibility index (Phi) is 7.03. The van der Waals surface area contributed by atoms with Crippen molar-refractivity contribution in [3.8, 4) is 22.9 Å². The van der Waals surface area contributed by atoms with E-state index in [0.29, 0.717) is 45.1 Å². The number of amides is 1. The fourth-order valence-electron chi connectivity index (χ4n) is 3.61. The Bertz CT molecular complexity index is 1590. The van der Waals surface area contributed by atoms with Gasteiger partial charge in [-0.25, -0.2) is 28.1 Å². The van der Waals surface area contributed by atoms with Gasteiger partial charge in [0.15, 0.2) is 16.7 Å². The lowest BCUT2D eigenvalue weighted by Crippen LogP contribution is -2.16. The van der Waals surface area contributed by atoms with E-state index in [-0.39, 0.29) is 22.5 Å². The van der Waals surface area contributed by atoms with Crippen LogP contribution in [0.2, 0.25) is 0 Å². The molecule has 1 aromatic carbocycles. The van der Waals surface area contributed by atoms with Crippen molar-refractivity contribution in [2.45, 2.75) is 23.9 Å². The number of aromatic nitrogens is 4. The minimum absolute atomic E-state index is 0.000222. The standard InChI is InChI=1S/C25H22N6O5S2/c1-15-13-16(2)27-24(26-15)31-38(33,34)18-9-7-17(8-10-18)28-21(32)14-37-25-29-22(19-5-3-11-35-19)23(30-25)20-6-4-12-36-20/h3-13H,14H2,1-2H3,(H,28,32)(H,29,30)(H,26,27,31). The molecule has 0 unspecified atom stereocenters. The lowest BCUT2D eigenvalue weighted by molar-refractivity contribution is -0.113. The van der Waals surface area contributed by atoms with Gasteiger partial charge in [-0.15, -0.1) is 0 Å². The molecule has 0 aliphatic heterocycles. The Hall–Kier alpha value is -4.36. The number of aryl methyl sites for hydroxylation is 2. The minimum Gasteiger partial charge on any atom is -0.463 e. The van der Waals surface area contributed by atoms with Crippen LogP contribution in [0.5, 0.6) is 0 Å². The Balaban J connectivity index is 1.22. The largest absolute Gasteiger partial charge is 0.463 e. The number of imidazole rings is 1. The molecule has 0 fully saturated rings. The summed E-state index contributed by atoms with van der Waals surface area (Å²) in [6.45, 7) is 3.51. The molecule has 4 heterocycles. The van der Waals surface area contributed by atoms with Crippen LogP contribution in [0.4, 0.5) is 11.6 Å². The molecule has 0 radical (unpaired) electrons. The molecule has 5 rings (SSSR count). The summed E-state index contributed by atoms with van der Waals surface area (Å²) in [5.74, 6) is 0.934. The molecule has 0 spiro atoms. The average Bonchev–Trinajstić information content (AvgIpc) is 3.64. The van der Waals surface area contributed by atoms with E-state index >= 15 is 0 Å². The molecule has 0 saturated heterocycles. The quantitative estimate of drug-likeness (QED) is 0.218. The van der Waals surface area contributed by atoms with Gasteiger partial charge in [0.2, 0.25) is 11.9 Å². The van der Waals surface area contributed by atoms with Gasteiger partial charge in [0.05, 0.1) is 23.2 Å². The van der Waals surface area contributed by atoms with Crippen LogP contribution in [0.15, 0.2) is 86.0 Å². The van der Waals surface area contributed by atoms with E-state index in [2.05, 4.69) is 30.0 Å². The molecule has 3 N–H and O–H groups in total. The van der Waals surface area contributed by atoms with Crippen LogP contribution < -0.4 is 10.0 Å². The summed E-state index contributed by atoms with van der Waals surface area (Å²) in [5, 5.41) is 3.27. The van der Waals surface area contributed by atoms with Gasteiger partial charge in [0.1, 0.15) is 11.4 Å². The van der Waals surface area contributed by atoms with E-state index < -0.39 is 10.0 Å². The van der Waals surface area contributed by atoms with Crippen LogP contribution in [0.25, 0.3) is 22.9 Å². The Morgan fingerprint density at radius 3 is 2.24 bits per heavy atom. The lowest BCUT2D eigenvalue weighted by Gasteiger charge is -2.09. The van der Waals surface area contributed by atoms with E-state index in [1.807, 2.05) is 0 Å². The first-order valence-corrected chi connectivity index (χ1v) is 13.8. The van der Waals surface area contributed by atoms with Crippen LogP contribution in [-0.2, 0) is 14.8 Å². The van der Waals surface area contributed by atoms with Gasteiger partial charge < -0.3 is 19.1 Å². The number of rotatable bonds is 9. The van der Waals surface area contributed by atoms with Crippen LogP contribution in [0.1, 0.15) is 11.4 Å².